The predicted molar refractivity (Wildman–Crippen MR) is 130 cm³/mol. The minimum atomic E-state index is -0.322. The highest BCUT2D eigenvalue weighted by molar-refractivity contribution is 8.00. The highest BCUT2D eigenvalue weighted by Gasteiger charge is 2.27. The maximum atomic E-state index is 13.3. The second-order valence-corrected chi connectivity index (χ2v) is 10.7. The average molecular weight is 483 g/mol. The van der Waals surface area contributed by atoms with E-state index in [9.17, 15) is 9.59 Å². The number of Topliss-reactive ketones (excluding diaryl/α,β-unsaturated/α-hetero) is 1. The first-order valence-corrected chi connectivity index (χ1v) is 13.0. The smallest absolute Gasteiger partial charge is 0.223 e. The SMILES string of the molecule is CC(=O)N1CCc2cc(C(=O)[C@H](C)Sc3nnc(-c4cccs4)n3C[C@@H]3CCCO3)ccc21. The summed E-state index contributed by atoms with van der Waals surface area (Å²) in [5.74, 6) is 0.904. The number of benzene rings is 1. The Morgan fingerprint density at radius 3 is 2.91 bits per heavy atom. The maximum Gasteiger partial charge on any atom is 0.223 e. The van der Waals surface area contributed by atoms with Gasteiger partial charge in [-0.25, -0.2) is 0 Å². The van der Waals surface area contributed by atoms with E-state index < -0.39 is 0 Å². The summed E-state index contributed by atoms with van der Waals surface area (Å²) in [4.78, 5) is 27.9. The molecule has 1 amide bonds. The van der Waals surface area contributed by atoms with Crippen LogP contribution in [0.1, 0.15) is 42.6 Å². The van der Waals surface area contributed by atoms with E-state index in [1.165, 1.54) is 11.8 Å². The largest absolute Gasteiger partial charge is 0.376 e. The van der Waals surface area contributed by atoms with Crippen molar-refractivity contribution in [3.63, 3.8) is 0 Å². The number of thioether (sulfide) groups is 1. The van der Waals surface area contributed by atoms with E-state index in [1.807, 2.05) is 42.6 Å². The number of amides is 1. The molecule has 1 aromatic carbocycles. The fraction of sp³-hybridized carbons (Fsp3) is 0.417. The first-order valence-electron chi connectivity index (χ1n) is 11.2. The molecule has 2 atom stereocenters. The molecule has 2 aliphatic heterocycles. The van der Waals surface area contributed by atoms with Crippen molar-refractivity contribution < 1.29 is 14.3 Å². The number of carbonyl (C=O) groups excluding carboxylic acids is 2. The molecule has 0 radical (unpaired) electrons. The summed E-state index contributed by atoms with van der Waals surface area (Å²) in [6.45, 7) is 5.63. The van der Waals surface area contributed by atoms with Gasteiger partial charge in [0.2, 0.25) is 5.91 Å². The van der Waals surface area contributed by atoms with Crippen molar-refractivity contribution in [2.24, 2.45) is 0 Å². The minimum absolute atomic E-state index is 0.0314. The van der Waals surface area contributed by atoms with Gasteiger partial charge in [-0.05, 0) is 61.4 Å². The topological polar surface area (TPSA) is 77.3 Å². The predicted octanol–water partition coefficient (Wildman–Crippen LogP) is 4.46. The monoisotopic (exact) mass is 482 g/mol. The number of hydrogen-bond acceptors (Lipinski definition) is 7. The van der Waals surface area contributed by atoms with Gasteiger partial charge in [-0.1, -0.05) is 17.8 Å². The van der Waals surface area contributed by atoms with Crippen LogP contribution >= 0.6 is 23.1 Å². The molecule has 3 aromatic rings. The number of thiophene rings is 1. The molecule has 0 bridgehead atoms. The standard InChI is InChI=1S/C24H26N4O3S2/c1-15(22(30)18-7-8-20-17(13-18)9-10-27(20)16(2)29)33-24-26-25-23(21-6-4-12-32-21)28(24)14-19-5-3-11-31-19/h4,6-8,12-13,15,19H,3,5,9-11,14H2,1-2H3/t15-,19-/m0/s1. The van der Waals surface area contributed by atoms with Gasteiger partial charge in [-0.3, -0.25) is 14.2 Å². The van der Waals surface area contributed by atoms with Gasteiger partial charge in [-0.15, -0.1) is 21.5 Å². The molecule has 172 valence electrons. The molecule has 0 N–H and O–H groups in total. The Hall–Kier alpha value is -2.49. The minimum Gasteiger partial charge on any atom is -0.376 e. The number of carbonyl (C=O) groups is 2. The van der Waals surface area contributed by atoms with Crippen molar-refractivity contribution in [3.05, 3.63) is 46.8 Å². The van der Waals surface area contributed by atoms with E-state index in [0.717, 1.165) is 53.0 Å². The molecule has 33 heavy (non-hydrogen) atoms. The second-order valence-electron chi connectivity index (χ2n) is 8.42. The van der Waals surface area contributed by atoms with Crippen LogP contribution in [0.5, 0.6) is 0 Å². The Morgan fingerprint density at radius 1 is 1.30 bits per heavy atom. The van der Waals surface area contributed by atoms with Crippen LogP contribution in [0, 0.1) is 0 Å². The molecule has 5 rings (SSSR count). The third-order valence-electron chi connectivity index (χ3n) is 6.16. The van der Waals surface area contributed by atoms with E-state index in [0.29, 0.717) is 18.7 Å². The first kappa shape index (κ1) is 22.3. The number of nitrogens with zero attached hydrogens (tertiary/aromatic N) is 4. The molecule has 0 spiro atoms. The molecule has 2 aromatic heterocycles. The van der Waals surface area contributed by atoms with Crippen LogP contribution in [0.4, 0.5) is 5.69 Å². The molecule has 4 heterocycles. The Kier molecular flexibility index (Phi) is 6.36. The van der Waals surface area contributed by atoms with Gasteiger partial charge in [0.15, 0.2) is 16.8 Å². The fourth-order valence-electron chi connectivity index (χ4n) is 4.45. The number of ketones is 1. The van der Waals surface area contributed by atoms with Crippen LogP contribution in [0.3, 0.4) is 0 Å². The summed E-state index contributed by atoms with van der Waals surface area (Å²) in [7, 11) is 0. The van der Waals surface area contributed by atoms with Crippen molar-refractivity contribution in [2.75, 3.05) is 18.1 Å². The lowest BCUT2D eigenvalue weighted by Crippen LogP contribution is -2.25. The van der Waals surface area contributed by atoms with Gasteiger partial charge in [-0.2, -0.15) is 0 Å². The van der Waals surface area contributed by atoms with Crippen LogP contribution in [-0.4, -0.2) is 51.0 Å². The van der Waals surface area contributed by atoms with Gasteiger partial charge >= 0.3 is 0 Å². The van der Waals surface area contributed by atoms with E-state index >= 15 is 0 Å². The molecule has 2 aliphatic rings. The zero-order valence-electron chi connectivity index (χ0n) is 18.7. The van der Waals surface area contributed by atoms with E-state index in [4.69, 9.17) is 4.74 Å². The molecule has 7 nitrogen and oxygen atoms in total. The van der Waals surface area contributed by atoms with Crippen LogP contribution in [-0.2, 0) is 22.5 Å². The summed E-state index contributed by atoms with van der Waals surface area (Å²) >= 11 is 3.07. The van der Waals surface area contributed by atoms with Crippen molar-refractivity contribution in [2.45, 2.75) is 56.2 Å². The summed E-state index contributed by atoms with van der Waals surface area (Å²) in [6.07, 6.45) is 3.01. The lowest BCUT2D eigenvalue weighted by atomic mass is 10.0. The van der Waals surface area contributed by atoms with Crippen LogP contribution < -0.4 is 4.90 Å². The normalized spacial score (nSPS) is 18.5. The quantitative estimate of drug-likeness (QED) is 0.366. The van der Waals surface area contributed by atoms with Gasteiger partial charge in [0, 0.05) is 31.3 Å². The molecule has 1 fully saturated rings. The van der Waals surface area contributed by atoms with E-state index in [2.05, 4.69) is 14.8 Å². The molecular weight excluding hydrogens is 456 g/mol. The Bertz CT molecular complexity index is 1170. The van der Waals surface area contributed by atoms with Crippen molar-refractivity contribution in [1.82, 2.24) is 14.8 Å². The first-order chi connectivity index (χ1) is 16.0. The number of ether oxygens (including phenoxy) is 1. The Morgan fingerprint density at radius 2 is 2.18 bits per heavy atom. The number of rotatable bonds is 7. The number of anilines is 1. The van der Waals surface area contributed by atoms with Crippen molar-refractivity contribution >= 4 is 40.5 Å². The average Bonchev–Trinajstić information content (AvgIpc) is 3.60. The summed E-state index contributed by atoms with van der Waals surface area (Å²) in [6, 6.07) is 9.70. The number of hydrogen-bond donors (Lipinski definition) is 0. The van der Waals surface area contributed by atoms with Gasteiger partial charge in [0.25, 0.3) is 0 Å². The van der Waals surface area contributed by atoms with Crippen molar-refractivity contribution in [3.8, 4) is 10.7 Å². The van der Waals surface area contributed by atoms with Crippen molar-refractivity contribution in [1.29, 1.82) is 0 Å². The van der Waals surface area contributed by atoms with Gasteiger partial charge in [0.05, 0.1) is 22.8 Å². The molecule has 1 saturated heterocycles. The highest BCUT2D eigenvalue weighted by Crippen LogP contribution is 2.33. The van der Waals surface area contributed by atoms with E-state index in [-0.39, 0.29) is 23.0 Å². The zero-order valence-corrected chi connectivity index (χ0v) is 20.3. The Balaban J connectivity index is 1.37. The molecule has 0 saturated carbocycles. The summed E-state index contributed by atoms with van der Waals surface area (Å²) < 4.78 is 7.97. The highest BCUT2D eigenvalue weighted by atomic mass is 32.2. The van der Waals surface area contributed by atoms with E-state index in [1.54, 1.807) is 23.2 Å². The number of fused-ring (bicyclic) bond motifs is 1. The fourth-order valence-corrected chi connectivity index (χ4v) is 6.10. The second kappa shape index (κ2) is 9.40. The zero-order chi connectivity index (χ0) is 22.9. The third-order valence-corrected chi connectivity index (χ3v) is 8.11. The lowest BCUT2D eigenvalue weighted by Gasteiger charge is -2.17. The molecule has 0 aliphatic carbocycles. The third kappa shape index (κ3) is 4.49. The molecule has 0 unspecified atom stereocenters. The summed E-state index contributed by atoms with van der Waals surface area (Å²) in [5.41, 5.74) is 2.63. The van der Waals surface area contributed by atoms with Gasteiger partial charge in [0.1, 0.15) is 0 Å². The lowest BCUT2D eigenvalue weighted by molar-refractivity contribution is -0.116. The number of aromatic nitrogens is 3. The maximum absolute atomic E-state index is 13.3. The van der Waals surface area contributed by atoms with Crippen LogP contribution in [0.15, 0.2) is 40.9 Å². The Labute approximate surface area is 201 Å². The van der Waals surface area contributed by atoms with Crippen LogP contribution in [0.25, 0.3) is 10.7 Å². The molecular formula is C24H26N4O3S2. The van der Waals surface area contributed by atoms with Gasteiger partial charge < -0.3 is 9.64 Å². The summed E-state index contributed by atoms with van der Waals surface area (Å²) in [5, 5.41) is 11.3. The molecule has 9 heteroatoms. The van der Waals surface area contributed by atoms with Crippen LogP contribution in [0.2, 0.25) is 0 Å².